The molecule has 1 aromatic heterocycles. The van der Waals surface area contributed by atoms with Gasteiger partial charge in [0.1, 0.15) is 0 Å². The SMILES string of the molecule is C=C(/C=c1/c(NCc2cccc(C#N)c2C)nnc(C)/c1=C/C)N1CCCC12CNC2. The molecule has 0 aliphatic carbocycles. The first kappa shape index (κ1) is 21.1. The lowest BCUT2D eigenvalue weighted by Crippen LogP contribution is -2.65. The topological polar surface area (TPSA) is 76.9 Å². The van der Waals surface area contributed by atoms with Gasteiger partial charge in [0.2, 0.25) is 0 Å². The number of benzene rings is 1. The third-order valence-corrected chi connectivity index (χ3v) is 6.70. The molecule has 0 amide bonds. The number of hydrogen-bond acceptors (Lipinski definition) is 6. The molecule has 2 saturated heterocycles. The number of aromatic nitrogens is 2. The predicted molar refractivity (Wildman–Crippen MR) is 125 cm³/mol. The molecule has 0 unspecified atom stereocenters. The Morgan fingerprint density at radius 3 is 2.81 bits per heavy atom. The summed E-state index contributed by atoms with van der Waals surface area (Å²) in [4.78, 5) is 2.46. The van der Waals surface area contributed by atoms with Crippen molar-refractivity contribution in [3.8, 4) is 6.07 Å². The minimum absolute atomic E-state index is 0.224. The van der Waals surface area contributed by atoms with Crippen LogP contribution in [0, 0.1) is 25.2 Å². The Bertz CT molecular complexity index is 1170. The van der Waals surface area contributed by atoms with Crippen LogP contribution < -0.4 is 21.1 Å². The molecule has 2 aliphatic rings. The molecule has 4 rings (SSSR count). The van der Waals surface area contributed by atoms with Crippen LogP contribution >= 0.6 is 0 Å². The number of aryl methyl sites for hydroxylation is 1. The van der Waals surface area contributed by atoms with Crippen molar-refractivity contribution in [3.05, 3.63) is 63.3 Å². The highest BCUT2D eigenvalue weighted by molar-refractivity contribution is 5.55. The Morgan fingerprint density at radius 2 is 2.13 bits per heavy atom. The molecule has 31 heavy (non-hydrogen) atoms. The quantitative estimate of drug-likeness (QED) is 0.780. The lowest BCUT2D eigenvalue weighted by Gasteiger charge is -2.47. The average molecular weight is 415 g/mol. The predicted octanol–water partition coefficient (Wildman–Crippen LogP) is 2.11. The minimum Gasteiger partial charge on any atom is -0.364 e. The van der Waals surface area contributed by atoms with Crippen LogP contribution in [-0.2, 0) is 6.54 Å². The zero-order valence-corrected chi connectivity index (χ0v) is 18.6. The van der Waals surface area contributed by atoms with Gasteiger partial charge in [0.05, 0.1) is 22.9 Å². The average Bonchev–Trinajstić information content (AvgIpc) is 3.20. The maximum Gasteiger partial charge on any atom is 0.156 e. The van der Waals surface area contributed by atoms with E-state index in [-0.39, 0.29) is 5.54 Å². The van der Waals surface area contributed by atoms with Crippen LogP contribution in [-0.4, -0.2) is 40.3 Å². The highest BCUT2D eigenvalue weighted by Crippen LogP contribution is 2.35. The number of nitriles is 1. The van der Waals surface area contributed by atoms with E-state index in [4.69, 9.17) is 0 Å². The first-order valence-electron chi connectivity index (χ1n) is 10.9. The lowest BCUT2D eigenvalue weighted by atomic mass is 9.89. The zero-order valence-electron chi connectivity index (χ0n) is 18.6. The molecule has 0 atom stereocenters. The number of rotatable bonds is 5. The van der Waals surface area contributed by atoms with E-state index < -0.39 is 0 Å². The number of hydrogen-bond donors (Lipinski definition) is 2. The van der Waals surface area contributed by atoms with Crippen LogP contribution in [0.25, 0.3) is 12.2 Å². The van der Waals surface area contributed by atoms with Crippen molar-refractivity contribution < 1.29 is 0 Å². The van der Waals surface area contributed by atoms with Gasteiger partial charge in [-0.2, -0.15) is 10.4 Å². The summed E-state index contributed by atoms with van der Waals surface area (Å²) in [5.74, 6) is 0.738. The summed E-state index contributed by atoms with van der Waals surface area (Å²) in [5, 5.41) is 27.1. The molecule has 1 spiro atoms. The summed E-state index contributed by atoms with van der Waals surface area (Å²) in [5.41, 5.74) is 4.92. The highest BCUT2D eigenvalue weighted by atomic mass is 15.3. The maximum absolute atomic E-state index is 9.32. The molecule has 2 fully saturated rings. The van der Waals surface area contributed by atoms with Crippen molar-refractivity contribution in [2.75, 3.05) is 25.0 Å². The molecular weight excluding hydrogens is 384 g/mol. The largest absolute Gasteiger partial charge is 0.364 e. The third kappa shape index (κ3) is 3.82. The van der Waals surface area contributed by atoms with Crippen LogP contribution in [0.15, 0.2) is 30.5 Å². The van der Waals surface area contributed by atoms with Gasteiger partial charge < -0.3 is 15.5 Å². The molecule has 0 radical (unpaired) electrons. The molecule has 6 nitrogen and oxygen atoms in total. The molecule has 2 aliphatic heterocycles. The van der Waals surface area contributed by atoms with E-state index in [1.54, 1.807) is 0 Å². The fraction of sp³-hybridized carbons (Fsp3) is 0.400. The van der Waals surface area contributed by atoms with Gasteiger partial charge in [-0.15, -0.1) is 5.10 Å². The van der Waals surface area contributed by atoms with E-state index in [2.05, 4.69) is 50.5 Å². The highest BCUT2D eigenvalue weighted by Gasteiger charge is 2.45. The van der Waals surface area contributed by atoms with E-state index in [9.17, 15) is 5.26 Å². The minimum atomic E-state index is 0.224. The molecule has 0 saturated carbocycles. The summed E-state index contributed by atoms with van der Waals surface area (Å²) in [6.45, 7) is 14.1. The smallest absolute Gasteiger partial charge is 0.156 e. The number of nitrogens with zero attached hydrogens (tertiary/aromatic N) is 4. The normalized spacial score (nSPS) is 18.2. The third-order valence-electron chi connectivity index (χ3n) is 6.70. The molecule has 6 heteroatoms. The summed E-state index contributed by atoms with van der Waals surface area (Å²) in [6.07, 6.45) is 6.66. The Kier molecular flexibility index (Phi) is 5.79. The maximum atomic E-state index is 9.32. The fourth-order valence-corrected chi connectivity index (χ4v) is 4.78. The summed E-state index contributed by atoms with van der Waals surface area (Å²) in [6, 6.07) is 8.06. The van der Waals surface area contributed by atoms with Gasteiger partial charge in [-0.1, -0.05) is 24.8 Å². The summed E-state index contributed by atoms with van der Waals surface area (Å²) < 4.78 is 0. The van der Waals surface area contributed by atoms with E-state index in [0.29, 0.717) is 12.1 Å². The van der Waals surface area contributed by atoms with Gasteiger partial charge in [-0.05, 0) is 56.9 Å². The fourth-order valence-electron chi connectivity index (χ4n) is 4.78. The van der Waals surface area contributed by atoms with Crippen LogP contribution in [0.4, 0.5) is 5.82 Å². The molecule has 3 heterocycles. The Hall–Kier alpha value is -3.17. The van der Waals surface area contributed by atoms with Crippen molar-refractivity contribution in [3.63, 3.8) is 0 Å². The molecule has 160 valence electrons. The summed E-state index contributed by atoms with van der Waals surface area (Å²) >= 11 is 0. The second-order valence-corrected chi connectivity index (χ2v) is 8.52. The van der Waals surface area contributed by atoms with Crippen molar-refractivity contribution in [2.24, 2.45) is 0 Å². The van der Waals surface area contributed by atoms with E-state index >= 15 is 0 Å². The molecule has 0 bridgehead atoms. The van der Waals surface area contributed by atoms with Crippen molar-refractivity contribution in [1.82, 2.24) is 20.4 Å². The number of anilines is 1. The van der Waals surface area contributed by atoms with Crippen molar-refractivity contribution >= 4 is 18.0 Å². The lowest BCUT2D eigenvalue weighted by molar-refractivity contribution is 0.118. The molecule has 2 aromatic rings. The second-order valence-electron chi connectivity index (χ2n) is 8.52. The summed E-state index contributed by atoms with van der Waals surface area (Å²) in [7, 11) is 0. The van der Waals surface area contributed by atoms with Gasteiger partial charge in [-0.3, -0.25) is 0 Å². The number of likely N-dealkylation sites (tertiary alicyclic amines) is 1. The van der Waals surface area contributed by atoms with Crippen molar-refractivity contribution in [2.45, 2.75) is 45.7 Å². The number of allylic oxidation sites excluding steroid dienone is 1. The Labute approximate surface area is 184 Å². The zero-order chi connectivity index (χ0) is 22.0. The van der Waals surface area contributed by atoms with E-state index in [1.807, 2.05) is 39.0 Å². The first-order chi connectivity index (χ1) is 15.0. The Balaban J connectivity index is 1.69. The van der Waals surface area contributed by atoms with Gasteiger partial charge in [0, 0.05) is 42.3 Å². The Morgan fingerprint density at radius 1 is 1.32 bits per heavy atom. The standard InChI is InChI=1S/C25H30N6/c1-5-22-19(4)29-30-24(28-14-21-9-6-8-20(13-26)18(21)3)23(22)12-17(2)31-11-7-10-25(31)15-27-16-25/h5-6,8-9,12,27H,2,7,10-11,14-16H2,1,3-4H3,(H,28,30)/b22-5-,23-12+. The van der Waals surface area contributed by atoms with E-state index in [0.717, 1.165) is 58.4 Å². The monoisotopic (exact) mass is 414 g/mol. The van der Waals surface area contributed by atoms with Gasteiger partial charge >= 0.3 is 0 Å². The van der Waals surface area contributed by atoms with Crippen LogP contribution in [0.5, 0.6) is 0 Å². The first-order valence-corrected chi connectivity index (χ1v) is 10.9. The molecule has 2 N–H and O–H groups in total. The van der Waals surface area contributed by atoms with Crippen molar-refractivity contribution in [1.29, 1.82) is 5.26 Å². The van der Waals surface area contributed by atoms with Crippen LogP contribution in [0.1, 0.15) is 42.1 Å². The van der Waals surface area contributed by atoms with Gasteiger partial charge in [-0.25, -0.2) is 0 Å². The molecular formula is C25H30N6. The molecule has 1 aromatic carbocycles. The second kappa shape index (κ2) is 8.52. The van der Waals surface area contributed by atoms with Gasteiger partial charge in [0.15, 0.2) is 5.82 Å². The van der Waals surface area contributed by atoms with Crippen LogP contribution in [0.3, 0.4) is 0 Å². The number of nitrogens with one attached hydrogen (secondary N) is 2. The van der Waals surface area contributed by atoms with E-state index in [1.165, 1.54) is 12.8 Å². The van der Waals surface area contributed by atoms with Crippen LogP contribution in [0.2, 0.25) is 0 Å². The van der Waals surface area contributed by atoms with Gasteiger partial charge in [0.25, 0.3) is 0 Å².